The average molecular weight is 423 g/mol. The fourth-order valence-electron chi connectivity index (χ4n) is 4.52. The van der Waals surface area contributed by atoms with Crippen molar-refractivity contribution in [2.24, 2.45) is 0 Å². The van der Waals surface area contributed by atoms with Crippen LogP contribution in [-0.4, -0.2) is 30.0 Å². The molecule has 160 valence electrons. The quantitative estimate of drug-likeness (QED) is 0.544. The smallest absolute Gasteiger partial charge is 0.125 e. The Morgan fingerprint density at radius 1 is 0.750 bits per heavy atom. The van der Waals surface area contributed by atoms with E-state index in [0.29, 0.717) is 0 Å². The van der Waals surface area contributed by atoms with Crippen molar-refractivity contribution in [3.05, 3.63) is 102 Å². The van der Waals surface area contributed by atoms with Crippen LogP contribution in [0.15, 0.2) is 84.9 Å². The molecule has 0 N–H and O–H groups in total. The summed E-state index contributed by atoms with van der Waals surface area (Å²) in [5, 5.41) is 20.4. The van der Waals surface area contributed by atoms with E-state index in [1.54, 1.807) is 7.11 Å². The number of methoxy groups -OCH3 is 1. The third kappa shape index (κ3) is 4.36. The Labute approximate surface area is 189 Å². The second-order valence-corrected chi connectivity index (χ2v) is 7.86. The summed E-state index contributed by atoms with van der Waals surface area (Å²) < 4.78 is 5.35. The molecule has 0 saturated carbocycles. The normalized spacial score (nSPS) is 17.1. The first-order valence-corrected chi connectivity index (χ1v) is 10.8. The van der Waals surface area contributed by atoms with Crippen molar-refractivity contribution in [2.75, 3.05) is 20.2 Å². The van der Waals surface area contributed by atoms with Crippen LogP contribution in [0.2, 0.25) is 0 Å². The number of nitrogens with zero attached hydrogens (tertiary/aromatic N) is 4. The maximum atomic E-state index is 10.2. The Morgan fingerprint density at radius 3 is 1.62 bits per heavy atom. The zero-order valence-electron chi connectivity index (χ0n) is 18.1. The van der Waals surface area contributed by atoms with Gasteiger partial charge in [-0.3, -0.25) is 9.80 Å². The third-order valence-corrected chi connectivity index (χ3v) is 6.01. The van der Waals surface area contributed by atoms with Crippen LogP contribution in [0.3, 0.4) is 0 Å². The first kappa shape index (κ1) is 21.6. The molecule has 1 saturated heterocycles. The van der Waals surface area contributed by atoms with Gasteiger partial charge in [0.05, 0.1) is 25.4 Å². The van der Waals surface area contributed by atoms with Gasteiger partial charge in [0.15, 0.2) is 0 Å². The molecule has 0 unspecified atom stereocenters. The number of rotatable bonds is 6. The van der Waals surface area contributed by atoms with Crippen LogP contribution in [0.4, 0.5) is 0 Å². The van der Waals surface area contributed by atoms with E-state index in [4.69, 9.17) is 4.74 Å². The van der Waals surface area contributed by atoms with E-state index in [1.165, 1.54) is 0 Å². The van der Waals surface area contributed by atoms with Gasteiger partial charge < -0.3 is 4.74 Å². The molecule has 3 aromatic rings. The fourth-order valence-corrected chi connectivity index (χ4v) is 4.52. The van der Waals surface area contributed by atoms with Crippen molar-refractivity contribution in [3.63, 3.8) is 0 Å². The first-order valence-electron chi connectivity index (χ1n) is 10.8. The number of benzene rings is 3. The minimum atomic E-state index is -0.416. The van der Waals surface area contributed by atoms with Gasteiger partial charge in [-0.1, -0.05) is 72.8 Å². The average Bonchev–Trinajstić information content (AvgIpc) is 2.87. The summed E-state index contributed by atoms with van der Waals surface area (Å²) in [6.07, 6.45) is 0.659. The van der Waals surface area contributed by atoms with Gasteiger partial charge in [-0.15, -0.1) is 0 Å². The Bertz CT molecular complexity index is 1020. The highest BCUT2D eigenvalue weighted by Crippen LogP contribution is 2.40. The molecule has 5 heteroatoms. The van der Waals surface area contributed by atoms with Crippen LogP contribution in [0.5, 0.6) is 5.75 Å². The number of hydrogen-bond acceptors (Lipinski definition) is 5. The van der Waals surface area contributed by atoms with E-state index >= 15 is 0 Å². The standard InChI is InChI=1S/C27H26N4O/c1-32-24-15-13-23(14-16-24)27-30(25(19-28)21-9-4-2-5-10-21)17-8-18-31(27)26(20-29)22-11-6-3-7-12-22/h2-7,9-16,25-27H,8,17-18H2,1H3/t25-,26-/m0/s1. The molecule has 1 heterocycles. The lowest BCUT2D eigenvalue weighted by molar-refractivity contribution is -0.0287. The Kier molecular flexibility index (Phi) is 6.82. The summed E-state index contributed by atoms with van der Waals surface area (Å²) >= 11 is 0. The van der Waals surface area contributed by atoms with Crippen LogP contribution in [0.25, 0.3) is 0 Å². The van der Waals surface area contributed by atoms with Crippen molar-refractivity contribution >= 4 is 0 Å². The number of hydrogen-bond donors (Lipinski definition) is 0. The first-order chi connectivity index (χ1) is 15.8. The van der Waals surface area contributed by atoms with Gasteiger partial charge in [-0.25, -0.2) is 0 Å². The predicted molar refractivity (Wildman–Crippen MR) is 123 cm³/mol. The summed E-state index contributed by atoms with van der Waals surface area (Å²) in [5.41, 5.74) is 2.96. The molecule has 0 aliphatic carbocycles. The minimum Gasteiger partial charge on any atom is -0.497 e. The predicted octanol–water partition coefficient (Wildman–Crippen LogP) is 5.23. The van der Waals surface area contributed by atoms with Crippen molar-refractivity contribution in [1.82, 2.24) is 9.80 Å². The molecule has 0 spiro atoms. The van der Waals surface area contributed by atoms with Gasteiger partial charge in [0.2, 0.25) is 0 Å². The van der Waals surface area contributed by atoms with Crippen molar-refractivity contribution < 1.29 is 4.74 Å². The van der Waals surface area contributed by atoms with Crippen molar-refractivity contribution in [3.8, 4) is 17.9 Å². The Balaban J connectivity index is 1.80. The van der Waals surface area contributed by atoms with Crippen LogP contribution < -0.4 is 4.74 Å². The van der Waals surface area contributed by atoms with Crippen molar-refractivity contribution in [1.29, 1.82) is 10.5 Å². The lowest BCUT2D eigenvalue weighted by atomic mass is 9.97. The molecule has 0 bridgehead atoms. The third-order valence-electron chi connectivity index (χ3n) is 6.01. The molecular weight excluding hydrogens is 396 g/mol. The highest BCUT2D eigenvalue weighted by Gasteiger charge is 2.39. The highest BCUT2D eigenvalue weighted by atomic mass is 16.5. The maximum Gasteiger partial charge on any atom is 0.125 e. The zero-order valence-corrected chi connectivity index (χ0v) is 18.1. The van der Waals surface area contributed by atoms with E-state index < -0.39 is 12.1 Å². The van der Waals surface area contributed by atoms with Gasteiger partial charge in [0, 0.05) is 13.1 Å². The molecule has 1 aliphatic rings. The second-order valence-electron chi connectivity index (χ2n) is 7.86. The largest absolute Gasteiger partial charge is 0.497 e. The second kappa shape index (κ2) is 10.1. The van der Waals surface area contributed by atoms with E-state index in [1.807, 2.05) is 84.9 Å². The summed E-state index contributed by atoms with van der Waals surface area (Å²) in [5.74, 6) is 0.780. The minimum absolute atomic E-state index is 0.218. The SMILES string of the molecule is COc1ccc(C2N([C@@H](C#N)c3ccccc3)CCCN2[C@@H](C#N)c2ccccc2)cc1. The van der Waals surface area contributed by atoms with Crippen LogP contribution in [-0.2, 0) is 0 Å². The molecule has 1 aliphatic heterocycles. The molecule has 32 heavy (non-hydrogen) atoms. The summed E-state index contributed by atoms with van der Waals surface area (Å²) in [4.78, 5) is 4.43. The molecule has 4 rings (SSSR count). The van der Waals surface area contributed by atoms with E-state index in [9.17, 15) is 10.5 Å². The highest BCUT2D eigenvalue weighted by molar-refractivity contribution is 5.33. The number of nitriles is 2. The summed E-state index contributed by atoms with van der Waals surface area (Å²) in [7, 11) is 1.65. The maximum absolute atomic E-state index is 10.2. The number of ether oxygens (including phenoxy) is 1. The molecule has 0 radical (unpaired) electrons. The van der Waals surface area contributed by atoms with E-state index in [0.717, 1.165) is 42.0 Å². The molecule has 3 aromatic carbocycles. The van der Waals surface area contributed by atoms with Gasteiger partial charge in [-0.2, -0.15) is 10.5 Å². The summed E-state index contributed by atoms with van der Waals surface area (Å²) in [6.45, 7) is 1.54. The van der Waals surface area contributed by atoms with Gasteiger partial charge >= 0.3 is 0 Å². The van der Waals surface area contributed by atoms with Gasteiger partial charge in [0.25, 0.3) is 0 Å². The molecule has 0 aromatic heterocycles. The Hall–Kier alpha value is -3.64. The molecule has 1 fully saturated rings. The molecule has 5 nitrogen and oxygen atoms in total. The van der Waals surface area contributed by atoms with Crippen LogP contribution in [0.1, 0.15) is 41.4 Å². The molecule has 2 atom stereocenters. The topological polar surface area (TPSA) is 63.3 Å². The van der Waals surface area contributed by atoms with Gasteiger partial charge in [-0.05, 0) is 35.2 Å². The zero-order chi connectivity index (χ0) is 22.3. The monoisotopic (exact) mass is 422 g/mol. The van der Waals surface area contributed by atoms with Gasteiger partial charge in [0.1, 0.15) is 17.8 Å². The van der Waals surface area contributed by atoms with Crippen molar-refractivity contribution in [2.45, 2.75) is 24.7 Å². The lowest BCUT2D eigenvalue weighted by Crippen LogP contribution is -2.49. The summed E-state index contributed by atoms with van der Waals surface area (Å²) in [6, 6.07) is 31.9. The van der Waals surface area contributed by atoms with Crippen LogP contribution >= 0.6 is 0 Å². The fraction of sp³-hybridized carbons (Fsp3) is 0.259. The lowest BCUT2D eigenvalue weighted by Gasteiger charge is -2.47. The Morgan fingerprint density at radius 2 is 1.22 bits per heavy atom. The molecule has 0 amide bonds. The van der Waals surface area contributed by atoms with Crippen LogP contribution in [0, 0.1) is 22.7 Å². The van der Waals surface area contributed by atoms with E-state index in [-0.39, 0.29) is 6.17 Å². The molecular formula is C27H26N4O. The van der Waals surface area contributed by atoms with E-state index in [2.05, 4.69) is 21.9 Å².